The van der Waals surface area contributed by atoms with Gasteiger partial charge in [0.25, 0.3) is 0 Å². The van der Waals surface area contributed by atoms with Crippen molar-refractivity contribution in [3.63, 3.8) is 0 Å². The standard InChI is InChI=1S/C16H28N4/c1-4-13-6-8-14(9-7-13)16(18-17)15-12-19(2)10-5-11-20(15)3/h6-9,15-16,18H,4-5,10-12,17H2,1-3H3. The number of nitrogens with two attached hydrogens (primary N) is 1. The Labute approximate surface area is 122 Å². The predicted octanol–water partition coefficient (Wildman–Crippen LogP) is 1.39. The molecule has 1 aliphatic rings. The Morgan fingerprint density at radius 1 is 1.25 bits per heavy atom. The lowest BCUT2D eigenvalue weighted by Crippen LogP contribution is -2.48. The molecule has 20 heavy (non-hydrogen) atoms. The summed E-state index contributed by atoms with van der Waals surface area (Å²) in [6.07, 6.45) is 2.29. The highest BCUT2D eigenvalue weighted by Crippen LogP contribution is 2.23. The largest absolute Gasteiger partial charge is 0.305 e. The molecule has 1 saturated heterocycles. The maximum atomic E-state index is 5.87. The van der Waals surface area contributed by atoms with E-state index in [9.17, 15) is 0 Å². The smallest absolute Gasteiger partial charge is 0.0627 e. The van der Waals surface area contributed by atoms with Crippen molar-refractivity contribution >= 4 is 0 Å². The van der Waals surface area contributed by atoms with Crippen molar-refractivity contribution in [2.45, 2.75) is 31.8 Å². The molecule has 1 heterocycles. The molecular formula is C16H28N4. The van der Waals surface area contributed by atoms with Crippen LogP contribution >= 0.6 is 0 Å². The van der Waals surface area contributed by atoms with E-state index in [2.05, 4.69) is 60.5 Å². The lowest BCUT2D eigenvalue weighted by Gasteiger charge is -2.34. The number of hydrogen-bond acceptors (Lipinski definition) is 4. The van der Waals surface area contributed by atoms with Gasteiger partial charge in [-0.2, -0.15) is 0 Å². The highest BCUT2D eigenvalue weighted by Gasteiger charge is 2.28. The number of rotatable bonds is 4. The van der Waals surface area contributed by atoms with Gasteiger partial charge in [0.2, 0.25) is 0 Å². The summed E-state index contributed by atoms with van der Waals surface area (Å²) in [4.78, 5) is 4.83. The molecule has 2 atom stereocenters. The van der Waals surface area contributed by atoms with Gasteiger partial charge in [-0.1, -0.05) is 31.2 Å². The normalized spacial score (nSPS) is 23.5. The van der Waals surface area contributed by atoms with E-state index in [4.69, 9.17) is 5.84 Å². The molecule has 1 aromatic rings. The van der Waals surface area contributed by atoms with Crippen LogP contribution in [-0.2, 0) is 6.42 Å². The molecule has 1 aliphatic heterocycles. The van der Waals surface area contributed by atoms with Gasteiger partial charge in [-0.3, -0.25) is 11.3 Å². The SMILES string of the molecule is CCc1ccc(C(NN)C2CN(C)CCCN2C)cc1. The molecular weight excluding hydrogens is 248 g/mol. The fraction of sp³-hybridized carbons (Fsp3) is 0.625. The first kappa shape index (κ1) is 15.4. The van der Waals surface area contributed by atoms with Crippen molar-refractivity contribution < 1.29 is 0 Å². The Kier molecular flexibility index (Phi) is 5.54. The molecule has 0 saturated carbocycles. The minimum atomic E-state index is 0.173. The highest BCUT2D eigenvalue weighted by atomic mass is 15.3. The Bertz CT molecular complexity index is 403. The van der Waals surface area contributed by atoms with Crippen molar-refractivity contribution in [1.82, 2.24) is 15.2 Å². The van der Waals surface area contributed by atoms with E-state index in [1.54, 1.807) is 0 Å². The monoisotopic (exact) mass is 276 g/mol. The van der Waals surface area contributed by atoms with Crippen LogP contribution in [0.15, 0.2) is 24.3 Å². The van der Waals surface area contributed by atoms with Crippen LogP contribution in [0, 0.1) is 0 Å². The van der Waals surface area contributed by atoms with E-state index in [0.717, 1.165) is 26.1 Å². The van der Waals surface area contributed by atoms with E-state index in [-0.39, 0.29) is 6.04 Å². The Morgan fingerprint density at radius 2 is 1.95 bits per heavy atom. The van der Waals surface area contributed by atoms with Gasteiger partial charge in [0, 0.05) is 12.6 Å². The van der Waals surface area contributed by atoms with E-state index in [0.29, 0.717) is 6.04 Å². The number of aryl methyl sites for hydroxylation is 1. The molecule has 1 aromatic carbocycles. The van der Waals surface area contributed by atoms with Gasteiger partial charge in [-0.25, -0.2) is 0 Å². The van der Waals surface area contributed by atoms with Gasteiger partial charge < -0.3 is 9.80 Å². The van der Waals surface area contributed by atoms with Crippen LogP contribution in [0.3, 0.4) is 0 Å². The Hall–Kier alpha value is -0.940. The van der Waals surface area contributed by atoms with E-state index < -0.39 is 0 Å². The van der Waals surface area contributed by atoms with Gasteiger partial charge >= 0.3 is 0 Å². The minimum absolute atomic E-state index is 0.173. The lowest BCUT2D eigenvalue weighted by molar-refractivity contribution is 0.178. The van der Waals surface area contributed by atoms with Crippen LogP contribution in [0.2, 0.25) is 0 Å². The quantitative estimate of drug-likeness (QED) is 0.644. The molecule has 4 nitrogen and oxygen atoms in total. The number of benzene rings is 1. The van der Waals surface area contributed by atoms with Crippen molar-refractivity contribution in [1.29, 1.82) is 0 Å². The van der Waals surface area contributed by atoms with E-state index >= 15 is 0 Å². The molecule has 3 N–H and O–H groups in total. The van der Waals surface area contributed by atoms with Crippen molar-refractivity contribution in [2.75, 3.05) is 33.7 Å². The molecule has 1 fully saturated rings. The second-order valence-corrected chi connectivity index (χ2v) is 5.90. The van der Waals surface area contributed by atoms with E-state index in [1.165, 1.54) is 17.5 Å². The lowest BCUT2D eigenvalue weighted by atomic mass is 9.97. The van der Waals surface area contributed by atoms with Gasteiger partial charge in [-0.15, -0.1) is 0 Å². The first-order valence-corrected chi connectivity index (χ1v) is 7.59. The van der Waals surface area contributed by atoms with Crippen molar-refractivity contribution in [2.24, 2.45) is 5.84 Å². The van der Waals surface area contributed by atoms with Gasteiger partial charge in [0.05, 0.1) is 6.04 Å². The fourth-order valence-electron chi connectivity index (χ4n) is 3.06. The maximum absolute atomic E-state index is 5.87. The summed E-state index contributed by atoms with van der Waals surface area (Å²) in [6.45, 7) is 5.51. The molecule has 112 valence electrons. The highest BCUT2D eigenvalue weighted by molar-refractivity contribution is 5.26. The summed E-state index contributed by atoms with van der Waals surface area (Å²) < 4.78 is 0. The Morgan fingerprint density at radius 3 is 2.55 bits per heavy atom. The number of nitrogens with one attached hydrogen (secondary N) is 1. The van der Waals surface area contributed by atoms with Gasteiger partial charge in [0.1, 0.15) is 0 Å². The molecule has 0 aromatic heterocycles. The molecule has 0 aliphatic carbocycles. The number of hydrazine groups is 1. The molecule has 4 heteroatoms. The van der Waals surface area contributed by atoms with Crippen molar-refractivity contribution in [3.05, 3.63) is 35.4 Å². The average molecular weight is 276 g/mol. The van der Waals surface area contributed by atoms with Gasteiger partial charge in [-0.05, 0) is 51.2 Å². The zero-order chi connectivity index (χ0) is 14.5. The summed E-state index contributed by atoms with van der Waals surface area (Å²) in [5.74, 6) is 5.87. The number of likely N-dealkylation sites (N-methyl/N-ethyl adjacent to an activating group) is 2. The zero-order valence-corrected chi connectivity index (χ0v) is 13.0. The van der Waals surface area contributed by atoms with Gasteiger partial charge in [0.15, 0.2) is 0 Å². The Balaban J connectivity index is 2.19. The third kappa shape index (κ3) is 3.58. The van der Waals surface area contributed by atoms with Crippen LogP contribution in [0.1, 0.15) is 30.5 Å². The van der Waals surface area contributed by atoms with Crippen LogP contribution in [0.4, 0.5) is 0 Å². The third-order valence-electron chi connectivity index (χ3n) is 4.43. The molecule has 2 unspecified atom stereocenters. The molecule has 0 spiro atoms. The van der Waals surface area contributed by atoms with E-state index in [1.807, 2.05) is 0 Å². The number of nitrogens with zero attached hydrogens (tertiary/aromatic N) is 2. The summed E-state index contributed by atoms with van der Waals surface area (Å²) in [5.41, 5.74) is 5.68. The van der Waals surface area contributed by atoms with Crippen LogP contribution in [0.25, 0.3) is 0 Å². The van der Waals surface area contributed by atoms with Crippen molar-refractivity contribution in [3.8, 4) is 0 Å². The topological polar surface area (TPSA) is 44.5 Å². The first-order valence-electron chi connectivity index (χ1n) is 7.59. The summed E-state index contributed by atoms with van der Waals surface area (Å²) in [5, 5.41) is 0. The zero-order valence-electron chi connectivity index (χ0n) is 13.0. The van der Waals surface area contributed by atoms with Crippen LogP contribution in [-0.4, -0.2) is 49.6 Å². The second-order valence-electron chi connectivity index (χ2n) is 5.90. The minimum Gasteiger partial charge on any atom is -0.305 e. The summed E-state index contributed by atoms with van der Waals surface area (Å²) >= 11 is 0. The fourth-order valence-corrected chi connectivity index (χ4v) is 3.06. The summed E-state index contributed by atoms with van der Waals surface area (Å²) in [7, 11) is 4.40. The predicted molar refractivity (Wildman–Crippen MR) is 84.4 cm³/mol. The van der Waals surface area contributed by atoms with Crippen LogP contribution in [0.5, 0.6) is 0 Å². The van der Waals surface area contributed by atoms with Crippen LogP contribution < -0.4 is 11.3 Å². The molecule has 0 radical (unpaired) electrons. The third-order valence-corrected chi connectivity index (χ3v) is 4.43. The molecule has 2 rings (SSSR count). The average Bonchev–Trinajstić information content (AvgIpc) is 2.62. The summed E-state index contributed by atoms with van der Waals surface area (Å²) in [6, 6.07) is 9.41. The second kappa shape index (κ2) is 7.18. The number of hydrogen-bond donors (Lipinski definition) is 2. The maximum Gasteiger partial charge on any atom is 0.0627 e. The molecule has 0 bridgehead atoms. The molecule has 0 amide bonds. The first-order chi connectivity index (χ1) is 9.65.